The average Bonchev–Trinajstić information content (AvgIpc) is 2.05. The monoisotopic (exact) mass is 142 g/mol. The number of hydrogen-bond donors (Lipinski definition) is 1. The van der Waals surface area contributed by atoms with Crippen LogP contribution in [0.1, 0.15) is 32.1 Å². The number of nitrogens with two attached hydrogens (primary N) is 1. The molecule has 60 valence electrons. The lowest BCUT2D eigenvalue weighted by Crippen LogP contribution is -2.37. The van der Waals surface area contributed by atoms with Crippen molar-refractivity contribution in [2.75, 3.05) is 13.7 Å². The van der Waals surface area contributed by atoms with Crippen LogP contribution >= 0.6 is 0 Å². The zero-order valence-corrected chi connectivity index (χ0v) is 6.84. The second kappa shape index (κ2) is 3.94. The van der Waals surface area contributed by atoms with Crippen molar-refractivity contribution in [2.45, 2.75) is 38.1 Å². The van der Waals surface area contributed by atoms with Crippen molar-refractivity contribution in [3.63, 3.8) is 0 Å². The number of nitrogens with zero attached hydrogens (tertiary/aromatic N) is 1. The zero-order chi connectivity index (χ0) is 7.40. The van der Waals surface area contributed by atoms with E-state index in [-0.39, 0.29) is 0 Å². The van der Waals surface area contributed by atoms with E-state index < -0.39 is 0 Å². The van der Waals surface area contributed by atoms with Crippen molar-refractivity contribution in [3.8, 4) is 0 Å². The van der Waals surface area contributed by atoms with Gasteiger partial charge in [-0.05, 0) is 19.9 Å². The highest BCUT2D eigenvalue weighted by molar-refractivity contribution is 4.71. The van der Waals surface area contributed by atoms with E-state index in [2.05, 4.69) is 11.9 Å². The van der Waals surface area contributed by atoms with Gasteiger partial charge in [-0.15, -0.1) is 0 Å². The molecule has 0 heterocycles. The van der Waals surface area contributed by atoms with Gasteiger partial charge in [-0.1, -0.05) is 19.3 Å². The number of rotatable bonds is 2. The smallest absolute Gasteiger partial charge is 0.0455 e. The maximum absolute atomic E-state index is 5.53. The topological polar surface area (TPSA) is 29.3 Å². The Morgan fingerprint density at radius 3 is 2.40 bits per heavy atom. The molecule has 0 aromatic rings. The molecule has 0 bridgehead atoms. The van der Waals surface area contributed by atoms with Crippen LogP contribution in [0.5, 0.6) is 0 Å². The minimum Gasteiger partial charge on any atom is -0.318 e. The molecule has 1 fully saturated rings. The van der Waals surface area contributed by atoms with Crippen LogP contribution in [0.2, 0.25) is 0 Å². The molecule has 0 radical (unpaired) electrons. The van der Waals surface area contributed by atoms with Gasteiger partial charge in [0.1, 0.15) is 0 Å². The third-order valence-corrected chi connectivity index (χ3v) is 2.49. The molecule has 2 nitrogen and oxygen atoms in total. The van der Waals surface area contributed by atoms with Crippen LogP contribution in [-0.4, -0.2) is 24.7 Å². The summed E-state index contributed by atoms with van der Waals surface area (Å²) in [5.74, 6) is 0. The van der Waals surface area contributed by atoms with E-state index >= 15 is 0 Å². The van der Waals surface area contributed by atoms with Gasteiger partial charge in [0, 0.05) is 12.7 Å². The largest absolute Gasteiger partial charge is 0.318 e. The Labute approximate surface area is 63.4 Å². The summed E-state index contributed by atoms with van der Waals surface area (Å²) in [4.78, 5) is 2.26. The Kier molecular flexibility index (Phi) is 3.16. The SMILES string of the molecule is CN(CN)C1CCCCC1. The van der Waals surface area contributed by atoms with E-state index in [1.54, 1.807) is 0 Å². The summed E-state index contributed by atoms with van der Waals surface area (Å²) in [5, 5.41) is 0. The van der Waals surface area contributed by atoms with Gasteiger partial charge >= 0.3 is 0 Å². The van der Waals surface area contributed by atoms with Crippen LogP contribution in [0.3, 0.4) is 0 Å². The Morgan fingerprint density at radius 2 is 1.90 bits per heavy atom. The maximum atomic E-state index is 5.53. The first-order valence-corrected chi connectivity index (χ1v) is 4.25. The summed E-state index contributed by atoms with van der Waals surface area (Å²) >= 11 is 0. The molecule has 0 amide bonds. The van der Waals surface area contributed by atoms with E-state index in [1.165, 1.54) is 32.1 Å². The van der Waals surface area contributed by atoms with Crippen LogP contribution in [0.15, 0.2) is 0 Å². The molecule has 1 aliphatic rings. The minimum atomic E-state index is 0.713. The van der Waals surface area contributed by atoms with Crippen molar-refractivity contribution >= 4 is 0 Å². The van der Waals surface area contributed by atoms with Crippen LogP contribution in [0.4, 0.5) is 0 Å². The molecule has 1 rings (SSSR count). The standard InChI is InChI=1S/C8H18N2/c1-10(7-9)8-5-3-2-4-6-8/h8H,2-7,9H2,1H3. The summed E-state index contributed by atoms with van der Waals surface area (Å²) in [6, 6.07) is 0.777. The van der Waals surface area contributed by atoms with Crippen LogP contribution < -0.4 is 5.73 Å². The van der Waals surface area contributed by atoms with Crippen molar-refractivity contribution in [1.82, 2.24) is 4.90 Å². The molecule has 1 saturated carbocycles. The molecule has 0 aromatic carbocycles. The van der Waals surface area contributed by atoms with Crippen LogP contribution in [0, 0.1) is 0 Å². The molecular weight excluding hydrogens is 124 g/mol. The van der Waals surface area contributed by atoms with Crippen LogP contribution in [0.25, 0.3) is 0 Å². The molecule has 0 saturated heterocycles. The first-order valence-electron chi connectivity index (χ1n) is 4.25. The second-order valence-electron chi connectivity index (χ2n) is 3.23. The van der Waals surface area contributed by atoms with Crippen molar-refractivity contribution in [3.05, 3.63) is 0 Å². The van der Waals surface area contributed by atoms with Gasteiger partial charge in [0.25, 0.3) is 0 Å². The summed E-state index contributed by atoms with van der Waals surface area (Å²) in [5.41, 5.74) is 5.53. The molecular formula is C8H18N2. The fourth-order valence-corrected chi connectivity index (χ4v) is 1.67. The normalized spacial score (nSPS) is 21.9. The molecule has 0 aromatic heterocycles. The third-order valence-electron chi connectivity index (χ3n) is 2.49. The first kappa shape index (κ1) is 8.02. The molecule has 0 aliphatic heterocycles. The lowest BCUT2D eigenvalue weighted by molar-refractivity contribution is 0.196. The number of hydrogen-bond acceptors (Lipinski definition) is 2. The molecule has 1 aliphatic carbocycles. The molecule has 0 unspecified atom stereocenters. The van der Waals surface area contributed by atoms with E-state index in [4.69, 9.17) is 5.73 Å². The maximum Gasteiger partial charge on any atom is 0.0455 e. The van der Waals surface area contributed by atoms with E-state index in [1.807, 2.05) is 0 Å². The Balaban J connectivity index is 2.24. The van der Waals surface area contributed by atoms with Crippen molar-refractivity contribution in [1.29, 1.82) is 0 Å². The zero-order valence-electron chi connectivity index (χ0n) is 6.84. The molecule has 2 heteroatoms. The van der Waals surface area contributed by atoms with Crippen molar-refractivity contribution < 1.29 is 0 Å². The van der Waals surface area contributed by atoms with Gasteiger partial charge in [0.15, 0.2) is 0 Å². The average molecular weight is 142 g/mol. The molecule has 10 heavy (non-hydrogen) atoms. The van der Waals surface area contributed by atoms with Gasteiger partial charge in [-0.25, -0.2) is 0 Å². The summed E-state index contributed by atoms with van der Waals surface area (Å²) in [6.07, 6.45) is 6.93. The van der Waals surface area contributed by atoms with Gasteiger partial charge in [-0.3, -0.25) is 4.90 Å². The summed E-state index contributed by atoms with van der Waals surface area (Å²) in [7, 11) is 2.12. The summed E-state index contributed by atoms with van der Waals surface area (Å²) < 4.78 is 0. The Hall–Kier alpha value is -0.0800. The quantitative estimate of drug-likeness (QED) is 0.586. The lowest BCUT2D eigenvalue weighted by atomic mass is 9.95. The highest BCUT2D eigenvalue weighted by atomic mass is 15.2. The minimum absolute atomic E-state index is 0.713. The van der Waals surface area contributed by atoms with Crippen LogP contribution in [-0.2, 0) is 0 Å². The first-order chi connectivity index (χ1) is 4.84. The fraction of sp³-hybridized carbons (Fsp3) is 1.00. The predicted octanol–water partition coefficient (Wildman–Crippen LogP) is 1.17. The molecule has 2 N–H and O–H groups in total. The fourth-order valence-electron chi connectivity index (χ4n) is 1.67. The highest BCUT2D eigenvalue weighted by Crippen LogP contribution is 2.20. The molecule has 0 atom stereocenters. The van der Waals surface area contributed by atoms with Gasteiger partial charge in [0.2, 0.25) is 0 Å². The third kappa shape index (κ3) is 1.96. The van der Waals surface area contributed by atoms with E-state index in [0.29, 0.717) is 6.67 Å². The van der Waals surface area contributed by atoms with Crippen molar-refractivity contribution in [2.24, 2.45) is 5.73 Å². The second-order valence-corrected chi connectivity index (χ2v) is 3.23. The Morgan fingerprint density at radius 1 is 1.30 bits per heavy atom. The molecule has 0 spiro atoms. The van der Waals surface area contributed by atoms with E-state index in [0.717, 1.165) is 6.04 Å². The van der Waals surface area contributed by atoms with Gasteiger partial charge < -0.3 is 5.73 Å². The van der Waals surface area contributed by atoms with E-state index in [9.17, 15) is 0 Å². The van der Waals surface area contributed by atoms with Gasteiger partial charge in [0.05, 0.1) is 0 Å². The van der Waals surface area contributed by atoms with Gasteiger partial charge in [-0.2, -0.15) is 0 Å². The predicted molar refractivity (Wildman–Crippen MR) is 43.7 cm³/mol. The summed E-state index contributed by atoms with van der Waals surface area (Å²) in [6.45, 7) is 0.713. The highest BCUT2D eigenvalue weighted by Gasteiger charge is 2.15. The Bertz CT molecular complexity index is 87.3. The lowest BCUT2D eigenvalue weighted by Gasteiger charge is -2.29.